The van der Waals surface area contributed by atoms with Crippen molar-refractivity contribution in [2.75, 3.05) is 7.11 Å². The van der Waals surface area contributed by atoms with E-state index >= 15 is 0 Å². The third-order valence-corrected chi connectivity index (χ3v) is 4.69. The van der Waals surface area contributed by atoms with Gasteiger partial charge in [-0.05, 0) is 23.8 Å². The van der Waals surface area contributed by atoms with E-state index in [0.29, 0.717) is 10.6 Å². The molecule has 0 atom stereocenters. The molecule has 2 aromatic rings. The number of halogens is 1. The van der Waals surface area contributed by atoms with Crippen LogP contribution in [0.3, 0.4) is 0 Å². The van der Waals surface area contributed by atoms with Gasteiger partial charge in [-0.1, -0.05) is 17.7 Å². The summed E-state index contributed by atoms with van der Waals surface area (Å²) in [5, 5.41) is 0.295. The molecule has 1 aromatic carbocycles. The highest BCUT2D eigenvalue weighted by atomic mass is 35.5. The Morgan fingerprint density at radius 3 is 2.64 bits per heavy atom. The third kappa shape index (κ3) is 3.68. The Balaban J connectivity index is 2.26. The van der Waals surface area contributed by atoms with Crippen molar-refractivity contribution in [1.82, 2.24) is 9.29 Å². The number of benzene rings is 1. The zero-order valence-corrected chi connectivity index (χ0v) is 13.6. The standard InChI is InChI=1S/C14H15ClN2O4S/c1-17-9-10(3-6-14(17)18)8-16-22(19,20)13-7-11(15)4-5-12(13)21-2/h3-7,9,16H,8H2,1-2H3. The first-order valence-corrected chi connectivity index (χ1v) is 8.18. The first kappa shape index (κ1) is 16.5. The first-order chi connectivity index (χ1) is 10.3. The van der Waals surface area contributed by atoms with Crippen molar-refractivity contribution in [1.29, 1.82) is 0 Å². The van der Waals surface area contributed by atoms with Crippen LogP contribution in [0.2, 0.25) is 5.02 Å². The molecule has 0 saturated carbocycles. The molecule has 0 aliphatic rings. The molecule has 0 aliphatic heterocycles. The zero-order chi connectivity index (χ0) is 16.3. The van der Waals surface area contributed by atoms with Gasteiger partial charge in [0.05, 0.1) is 7.11 Å². The summed E-state index contributed by atoms with van der Waals surface area (Å²) in [6, 6.07) is 7.31. The molecule has 1 aromatic heterocycles. The van der Waals surface area contributed by atoms with E-state index in [4.69, 9.17) is 16.3 Å². The molecule has 1 N–H and O–H groups in total. The summed E-state index contributed by atoms with van der Waals surface area (Å²) in [7, 11) is -0.812. The molecule has 1 heterocycles. The van der Waals surface area contributed by atoms with Gasteiger partial charge in [0.15, 0.2) is 0 Å². The normalized spacial score (nSPS) is 11.4. The highest BCUT2D eigenvalue weighted by Crippen LogP contribution is 2.26. The molecular formula is C14H15ClN2O4S. The molecule has 2 rings (SSSR count). The van der Waals surface area contributed by atoms with Crippen molar-refractivity contribution < 1.29 is 13.2 Å². The van der Waals surface area contributed by atoms with Crippen LogP contribution in [0.15, 0.2) is 46.2 Å². The Morgan fingerprint density at radius 2 is 2.00 bits per heavy atom. The molecule has 0 saturated heterocycles. The maximum atomic E-state index is 12.4. The number of aromatic nitrogens is 1. The lowest BCUT2D eigenvalue weighted by Crippen LogP contribution is -2.25. The van der Waals surface area contributed by atoms with E-state index in [1.807, 2.05) is 0 Å². The van der Waals surface area contributed by atoms with Gasteiger partial charge in [-0.3, -0.25) is 4.79 Å². The molecule has 0 unspecified atom stereocenters. The number of pyridine rings is 1. The maximum Gasteiger partial charge on any atom is 0.250 e. The van der Waals surface area contributed by atoms with Crippen LogP contribution in [0.4, 0.5) is 0 Å². The quantitative estimate of drug-likeness (QED) is 0.893. The van der Waals surface area contributed by atoms with Crippen molar-refractivity contribution in [3.63, 3.8) is 0 Å². The fourth-order valence-electron chi connectivity index (χ4n) is 1.87. The van der Waals surface area contributed by atoms with Crippen molar-refractivity contribution in [2.24, 2.45) is 7.05 Å². The number of hydrogen-bond donors (Lipinski definition) is 1. The van der Waals surface area contributed by atoms with Crippen molar-refractivity contribution in [3.05, 3.63) is 57.5 Å². The number of ether oxygens (including phenoxy) is 1. The van der Waals surface area contributed by atoms with Gasteiger partial charge in [-0.2, -0.15) is 0 Å². The van der Waals surface area contributed by atoms with E-state index in [2.05, 4.69) is 4.72 Å². The predicted octanol–water partition coefficient (Wildman–Crippen LogP) is 1.53. The average Bonchev–Trinajstić information content (AvgIpc) is 2.48. The minimum Gasteiger partial charge on any atom is -0.495 e. The van der Waals surface area contributed by atoms with Gasteiger partial charge in [0.25, 0.3) is 0 Å². The van der Waals surface area contributed by atoms with Gasteiger partial charge in [-0.15, -0.1) is 0 Å². The van der Waals surface area contributed by atoms with E-state index in [0.717, 1.165) is 0 Å². The summed E-state index contributed by atoms with van der Waals surface area (Å²) in [6.07, 6.45) is 1.57. The average molecular weight is 343 g/mol. The number of nitrogens with one attached hydrogen (secondary N) is 1. The van der Waals surface area contributed by atoms with Crippen LogP contribution >= 0.6 is 11.6 Å². The van der Waals surface area contributed by atoms with Crippen LogP contribution in [0.5, 0.6) is 5.75 Å². The molecular weight excluding hydrogens is 328 g/mol. The summed E-state index contributed by atoms with van der Waals surface area (Å²) < 4.78 is 33.6. The van der Waals surface area contributed by atoms with Gasteiger partial charge < -0.3 is 9.30 Å². The maximum absolute atomic E-state index is 12.4. The molecule has 0 bridgehead atoms. The second-order valence-electron chi connectivity index (χ2n) is 4.61. The van der Waals surface area contributed by atoms with Crippen LogP contribution in [-0.2, 0) is 23.6 Å². The van der Waals surface area contributed by atoms with E-state index in [9.17, 15) is 13.2 Å². The van der Waals surface area contributed by atoms with Crippen LogP contribution < -0.4 is 15.0 Å². The lowest BCUT2D eigenvalue weighted by Gasteiger charge is -2.11. The lowest BCUT2D eigenvalue weighted by molar-refractivity contribution is 0.402. The highest BCUT2D eigenvalue weighted by Gasteiger charge is 2.19. The third-order valence-electron chi connectivity index (χ3n) is 3.03. The van der Waals surface area contributed by atoms with Gasteiger partial charge in [-0.25, -0.2) is 13.1 Å². The van der Waals surface area contributed by atoms with E-state index < -0.39 is 10.0 Å². The Bertz CT molecular complexity index is 846. The molecule has 0 amide bonds. The lowest BCUT2D eigenvalue weighted by atomic mass is 10.3. The van der Waals surface area contributed by atoms with E-state index in [1.54, 1.807) is 25.4 Å². The second-order valence-corrected chi connectivity index (χ2v) is 6.78. The summed E-state index contributed by atoms with van der Waals surface area (Å²) in [5.74, 6) is 0.206. The van der Waals surface area contributed by atoms with Gasteiger partial charge in [0.2, 0.25) is 15.6 Å². The number of rotatable bonds is 5. The zero-order valence-electron chi connectivity index (χ0n) is 12.0. The molecule has 0 fully saturated rings. The predicted molar refractivity (Wildman–Crippen MR) is 83.7 cm³/mol. The first-order valence-electron chi connectivity index (χ1n) is 6.32. The van der Waals surface area contributed by atoms with Crippen LogP contribution in [0.25, 0.3) is 0 Å². The van der Waals surface area contributed by atoms with Gasteiger partial charge in [0, 0.05) is 30.9 Å². The summed E-state index contributed by atoms with van der Waals surface area (Å²) in [6.45, 7) is 0.0477. The summed E-state index contributed by atoms with van der Waals surface area (Å²) in [5.41, 5.74) is 0.495. The topological polar surface area (TPSA) is 77.4 Å². The number of methoxy groups -OCH3 is 1. The van der Waals surface area contributed by atoms with Gasteiger partial charge >= 0.3 is 0 Å². The fourth-order valence-corrected chi connectivity index (χ4v) is 3.32. The highest BCUT2D eigenvalue weighted by molar-refractivity contribution is 7.89. The largest absolute Gasteiger partial charge is 0.495 e. The van der Waals surface area contributed by atoms with Crippen molar-refractivity contribution >= 4 is 21.6 Å². The Hall–Kier alpha value is -1.83. The molecule has 0 aliphatic carbocycles. The SMILES string of the molecule is COc1ccc(Cl)cc1S(=O)(=O)NCc1ccc(=O)n(C)c1. The monoisotopic (exact) mass is 342 g/mol. The number of hydrogen-bond acceptors (Lipinski definition) is 4. The molecule has 0 spiro atoms. The molecule has 22 heavy (non-hydrogen) atoms. The van der Waals surface area contributed by atoms with Crippen LogP contribution in [0, 0.1) is 0 Å². The second kappa shape index (κ2) is 6.51. The number of nitrogens with zero attached hydrogens (tertiary/aromatic N) is 1. The summed E-state index contributed by atoms with van der Waals surface area (Å²) >= 11 is 5.85. The number of sulfonamides is 1. The van der Waals surface area contributed by atoms with E-state index in [-0.39, 0.29) is 22.7 Å². The molecule has 0 radical (unpaired) electrons. The Kier molecular flexibility index (Phi) is 4.90. The van der Waals surface area contributed by atoms with E-state index in [1.165, 1.54) is 29.9 Å². The Morgan fingerprint density at radius 1 is 1.27 bits per heavy atom. The Labute approximate surface area is 133 Å². The smallest absolute Gasteiger partial charge is 0.250 e. The molecule has 8 heteroatoms. The van der Waals surface area contributed by atoms with Crippen LogP contribution in [0.1, 0.15) is 5.56 Å². The van der Waals surface area contributed by atoms with Gasteiger partial charge in [0.1, 0.15) is 10.6 Å². The number of aryl methyl sites for hydroxylation is 1. The van der Waals surface area contributed by atoms with Crippen LogP contribution in [-0.4, -0.2) is 20.1 Å². The molecule has 6 nitrogen and oxygen atoms in total. The molecule has 118 valence electrons. The minimum absolute atomic E-state index is 0.0349. The van der Waals surface area contributed by atoms with Crippen molar-refractivity contribution in [3.8, 4) is 5.75 Å². The minimum atomic E-state index is -3.79. The fraction of sp³-hybridized carbons (Fsp3) is 0.214. The summed E-state index contributed by atoms with van der Waals surface area (Å²) in [4.78, 5) is 11.3. The van der Waals surface area contributed by atoms with Crippen molar-refractivity contribution in [2.45, 2.75) is 11.4 Å².